The van der Waals surface area contributed by atoms with Crippen LogP contribution in [0.25, 0.3) is 0 Å². The van der Waals surface area contributed by atoms with Gasteiger partial charge in [-0.2, -0.15) is 0 Å². The maximum atomic E-state index is 11.1. The van der Waals surface area contributed by atoms with E-state index in [9.17, 15) is 14.4 Å². The van der Waals surface area contributed by atoms with Crippen LogP contribution in [0.1, 0.15) is 13.8 Å². The predicted octanol–water partition coefficient (Wildman–Crippen LogP) is 0.741. The van der Waals surface area contributed by atoms with Crippen molar-refractivity contribution < 1.29 is 44.7 Å². The van der Waals surface area contributed by atoms with Crippen LogP contribution >= 0.6 is 0 Å². The van der Waals surface area contributed by atoms with Gasteiger partial charge in [0.05, 0.1) is 0 Å². The van der Waals surface area contributed by atoms with Gasteiger partial charge in [-0.05, 0) is 0 Å². The van der Waals surface area contributed by atoms with Gasteiger partial charge in [-0.1, -0.05) is 0 Å². The molecule has 0 aromatic heterocycles. The summed E-state index contributed by atoms with van der Waals surface area (Å²) in [5.74, 6) is -1.56. The summed E-state index contributed by atoms with van der Waals surface area (Å²) in [4.78, 5) is 32.2. The summed E-state index contributed by atoms with van der Waals surface area (Å²) < 4.78 is 13.6. The molecule has 99 valence electrons. The Morgan fingerprint density at radius 2 is 1.39 bits per heavy atom. The second kappa shape index (κ2) is 11.5. The largest absolute Gasteiger partial charge is 2.00 e. The van der Waals surface area contributed by atoms with Gasteiger partial charge < -0.3 is 7.43 Å². The average Bonchev–Trinajstić information content (AvgIpc) is 2.17. The van der Waals surface area contributed by atoms with Crippen molar-refractivity contribution in [2.75, 3.05) is 0 Å². The maximum Gasteiger partial charge on any atom is 2.00 e. The van der Waals surface area contributed by atoms with Gasteiger partial charge in [0, 0.05) is 0 Å². The molecule has 0 heterocycles. The van der Waals surface area contributed by atoms with Crippen molar-refractivity contribution in [3.8, 4) is 0 Å². The van der Waals surface area contributed by atoms with Crippen LogP contribution in [0.4, 0.5) is 0 Å². The third-order valence-corrected chi connectivity index (χ3v) is 3.90. The van der Waals surface area contributed by atoms with Crippen molar-refractivity contribution in [2.24, 2.45) is 0 Å². The van der Waals surface area contributed by atoms with Crippen molar-refractivity contribution >= 4 is 39.4 Å². The third kappa shape index (κ3) is 9.41. The quantitative estimate of drug-likeness (QED) is 0.286. The molecule has 0 spiro atoms. The standard InChI is InChI=1S/2C4H6O2.CO2.CH3.Sn.W/c2*1-3(2)4(5)6;2-1-3;;;/h2*1H2,2H3,(H,5,6);;1H3;;/q;;-2;-1;+3;+2/p-2. The van der Waals surface area contributed by atoms with Gasteiger partial charge in [0.1, 0.15) is 0 Å². The topological polar surface area (TPSA) is 78.9 Å². The molecule has 6 nitrogen and oxygen atoms in total. The molecule has 0 aliphatic heterocycles. The fourth-order valence-corrected chi connectivity index (χ4v) is 2.83. The number of carbonyl (C=O) groups is 2. The van der Waals surface area contributed by atoms with Crippen molar-refractivity contribution in [1.82, 2.24) is 0 Å². The summed E-state index contributed by atoms with van der Waals surface area (Å²) in [6.45, 7) is 10.6. The van der Waals surface area contributed by atoms with Gasteiger partial charge in [0.2, 0.25) is 0 Å². The zero-order chi connectivity index (χ0) is 12.7. The predicted molar refractivity (Wildman–Crippen MR) is 60.8 cm³/mol. The number of rotatable bonds is 6. The van der Waals surface area contributed by atoms with E-state index in [1.165, 1.54) is 13.8 Å². The van der Waals surface area contributed by atoms with Crippen LogP contribution in [0.5, 0.6) is 0 Å². The first kappa shape index (κ1) is 22.5. The molecule has 0 fully saturated rings. The van der Waals surface area contributed by atoms with E-state index in [4.69, 9.17) is 0 Å². The van der Waals surface area contributed by atoms with E-state index in [0.717, 1.165) is 6.47 Å². The van der Waals surface area contributed by atoms with Crippen molar-refractivity contribution in [3.05, 3.63) is 31.7 Å². The fraction of sp³-hybridized carbons (Fsp3) is 0.200. The first-order valence-corrected chi connectivity index (χ1v) is 7.54. The summed E-state index contributed by atoms with van der Waals surface area (Å²) in [6, 6.07) is 0. The van der Waals surface area contributed by atoms with Gasteiger partial charge in [-0.15, -0.1) is 0 Å². The Morgan fingerprint density at radius 1 is 1.06 bits per heavy atom. The Hall–Kier alpha value is -0.623. The smallest absolute Gasteiger partial charge is 0.358 e. The van der Waals surface area contributed by atoms with E-state index in [1.54, 1.807) is 0 Å². The molecular formula is C10H13O6SnW. The first-order valence-electron chi connectivity index (χ1n) is 4.04. The van der Waals surface area contributed by atoms with Gasteiger partial charge in [-0.25, -0.2) is 0 Å². The minimum Gasteiger partial charge on any atom is -0.358 e. The van der Waals surface area contributed by atoms with E-state index in [1.807, 2.05) is 0 Å². The van der Waals surface area contributed by atoms with Crippen molar-refractivity contribution in [3.63, 3.8) is 0 Å². The number of carbonyl (C=O) groups excluding carboxylic acids is 3. The molecular weight excluding hydrogens is 519 g/mol. The summed E-state index contributed by atoms with van der Waals surface area (Å²) in [5, 5.41) is 0. The summed E-state index contributed by atoms with van der Waals surface area (Å²) in [7, 11) is 0. The molecule has 0 saturated carbocycles. The number of hydrogen-bond donors (Lipinski definition) is 0. The Kier molecular flexibility index (Phi) is 14.4. The minimum atomic E-state index is -3.80. The molecule has 18 heavy (non-hydrogen) atoms. The van der Waals surface area contributed by atoms with E-state index >= 15 is 0 Å². The van der Waals surface area contributed by atoms with Gasteiger partial charge >= 0.3 is 122 Å². The molecule has 0 N–H and O–H groups in total. The second-order valence-electron chi connectivity index (χ2n) is 2.78. The van der Waals surface area contributed by atoms with Gasteiger partial charge in [-0.3, -0.25) is 0 Å². The van der Waals surface area contributed by atoms with Crippen LogP contribution in [0.2, 0.25) is 0 Å². The van der Waals surface area contributed by atoms with Crippen LogP contribution < -0.4 is 0 Å². The molecule has 0 aliphatic rings. The van der Waals surface area contributed by atoms with E-state index in [-0.39, 0.29) is 39.6 Å². The molecule has 0 saturated heterocycles. The average molecular weight is 532 g/mol. The molecule has 1 radical (unpaired) electrons. The minimum absolute atomic E-state index is 0. The second-order valence-corrected chi connectivity index (χ2v) is 5.95. The van der Waals surface area contributed by atoms with Crippen LogP contribution in [0.15, 0.2) is 24.3 Å². The Labute approximate surface area is 129 Å². The van der Waals surface area contributed by atoms with E-state index in [2.05, 4.69) is 22.4 Å². The zero-order valence-electron chi connectivity index (χ0n) is 10.3. The normalized spacial score (nSPS) is 8.17. The van der Waals surface area contributed by atoms with E-state index < -0.39 is 32.9 Å². The molecule has 0 aromatic rings. The molecule has 0 unspecified atom stereocenters. The van der Waals surface area contributed by atoms with E-state index in [0.29, 0.717) is 0 Å². The van der Waals surface area contributed by atoms with Crippen LogP contribution in [0, 0.1) is 7.43 Å². The molecule has 0 aromatic carbocycles. The monoisotopic (exact) mass is 533 g/mol. The SMILES string of the molecule is C=C(C)C(=O)[O][Sn]([O][C-]=O)[O]C(=O)C(=C)C.[CH3-].[W+2]. The van der Waals surface area contributed by atoms with Gasteiger partial charge in [0.15, 0.2) is 0 Å². The van der Waals surface area contributed by atoms with Crippen LogP contribution in [-0.4, -0.2) is 39.4 Å². The molecule has 0 bridgehead atoms. The van der Waals surface area contributed by atoms with Crippen LogP contribution in [0.3, 0.4) is 0 Å². The fourth-order valence-electron chi connectivity index (χ4n) is 0.422. The van der Waals surface area contributed by atoms with Gasteiger partial charge in [0.25, 0.3) is 0 Å². The van der Waals surface area contributed by atoms with Crippen LogP contribution in [-0.2, 0) is 44.7 Å². The Morgan fingerprint density at radius 3 is 1.61 bits per heavy atom. The summed E-state index contributed by atoms with van der Waals surface area (Å²) in [6.07, 6.45) is 0. The molecule has 0 amide bonds. The summed E-state index contributed by atoms with van der Waals surface area (Å²) >= 11 is -3.80. The summed E-state index contributed by atoms with van der Waals surface area (Å²) in [5.41, 5.74) is 0.220. The van der Waals surface area contributed by atoms with Crippen molar-refractivity contribution in [1.29, 1.82) is 0 Å². The number of hydrogen-bond acceptors (Lipinski definition) is 6. The molecule has 8 heteroatoms. The molecule has 0 atom stereocenters. The third-order valence-electron chi connectivity index (χ3n) is 1.17. The molecule has 0 rings (SSSR count). The molecule has 0 aliphatic carbocycles. The Bertz CT molecular complexity index is 313. The Balaban J connectivity index is -0.00000112. The maximum absolute atomic E-state index is 11.1. The first-order chi connectivity index (χ1) is 7.38. The van der Waals surface area contributed by atoms with Crippen molar-refractivity contribution in [2.45, 2.75) is 13.8 Å². The zero-order valence-corrected chi connectivity index (χ0v) is 16.1.